The van der Waals surface area contributed by atoms with E-state index < -0.39 is 5.82 Å². The van der Waals surface area contributed by atoms with Gasteiger partial charge in [0.25, 0.3) is 5.91 Å². The van der Waals surface area contributed by atoms with Gasteiger partial charge in [0.1, 0.15) is 11.7 Å². The summed E-state index contributed by atoms with van der Waals surface area (Å²) in [5.41, 5.74) is 5.63. The first-order chi connectivity index (χ1) is 8.86. The van der Waals surface area contributed by atoms with E-state index in [1.807, 2.05) is 0 Å². The fourth-order valence-electron chi connectivity index (χ4n) is 1.53. The molecule has 0 bridgehead atoms. The first-order valence-corrected chi connectivity index (χ1v) is 6.34. The van der Waals surface area contributed by atoms with Crippen LogP contribution in [0.2, 0.25) is 0 Å². The Bertz CT molecular complexity index is 508. The quantitative estimate of drug-likeness (QED) is 0.384. The van der Waals surface area contributed by atoms with E-state index >= 15 is 0 Å². The zero-order valence-electron chi connectivity index (χ0n) is 10.6. The number of nitrogens with two attached hydrogens (primary N) is 1. The summed E-state index contributed by atoms with van der Waals surface area (Å²) in [6.07, 6.45) is 0.228. The van der Waals surface area contributed by atoms with Crippen LogP contribution in [0.25, 0.3) is 0 Å². The Hall–Kier alpha value is -1.63. The predicted molar refractivity (Wildman–Crippen MR) is 73.7 cm³/mol. The van der Waals surface area contributed by atoms with E-state index in [0.29, 0.717) is 4.47 Å². The maximum atomic E-state index is 13.2. The topological polar surface area (TPSA) is 78.9 Å². The number of oxime groups is 1. The number of amides is 1. The lowest BCUT2D eigenvalue weighted by atomic mass is 10.1. The van der Waals surface area contributed by atoms with Crippen LogP contribution in [-0.2, 0) is 0 Å². The number of carbonyl (C=O) groups excluding carboxylic acids is 1. The molecule has 0 radical (unpaired) electrons. The molecule has 3 N–H and O–H groups in total. The highest BCUT2D eigenvalue weighted by Gasteiger charge is 2.21. The van der Waals surface area contributed by atoms with Crippen LogP contribution in [0.1, 0.15) is 23.7 Å². The molecular formula is C12H15BrFN3O2. The number of amidine groups is 1. The van der Waals surface area contributed by atoms with Crippen molar-refractivity contribution in [2.75, 3.05) is 7.05 Å². The summed E-state index contributed by atoms with van der Waals surface area (Å²) < 4.78 is 13.7. The van der Waals surface area contributed by atoms with Crippen molar-refractivity contribution in [1.82, 2.24) is 4.90 Å². The van der Waals surface area contributed by atoms with Gasteiger partial charge in [-0.2, -0.15) is 0 Å². The van der Waals surface area contributed by atoms with Crippen LogP contribution in [0.15, 0.2) is 27.8 Å². The third-order valence-electron chi connectivity index (χ3n) is 2.77. The maximum absolute atomic E-state index is 13.2. The molecule has 0 fully saturated rings. The van der Waals surface area contributed by atoms with Gasteiger partial charge >= 0.3 is 0 Å². The zero-order valence-corrected chi connectivity index (χ0v) is 12.2. The Morgan fingerprint density at radius 2 is 2.26 bits per heavy atom. The van der Waals surface area contributed by atoms with Gasteiger partial charge in [0.2, 0.25) is 0 Å². The molecule has 0 aliphatic rings. The standard InChI is InChI=1S/C12H15BrFN3O2/c1-7(5-11(15)16-19)17(2)12(18)9-6-8(14)3-4-10(9)13/h3-4,6-7,19H,5H2,1-2H3,(H2,15,16). The molecule has 1 amide bonds. The lowest BCUT2D eigenvalue weighted by Gasteiger charge is -2.25. The van der Waals surface area contributed by atoms with Crippen LogP contribution >= 0.6 is 15.9 Å². The summed E-state index contributed by atoms with van der Waals surface area (Å²) in [6, 6.07) is 3.63. The van der Waals surface area contributed by atoms with E-state index in [-0.39, 0.29) is 29.8 Å². The van der Waals surface area contributed by atoms with Crippen molar-refractivity contribution in [3.05, 3.63) is 34.1 Å². The number of nitrogens with zero attached hydrogens (tertiary/aromatic N) is 2. The summed E-state index contributed by atoms with van der Waals surface area (Å²) in [5, 5.41) is 11.4. The molecule has 0 aliphatic carbocycles. The molecule has 1 aromatic rings. The molecule has 1 rings (SSSR count). The highest BCUT2D eigenvalue weighted by molar-refractivity contribution is 9.10. The summed E-state index contributed by atoms with van der Waals surface area (Å²) in [6.45, 7) is 1.75. The molecule has 0 aliphatic heterocycles. The van der Waals surface area contributed by atoms with Gasteiger partial charge in [-0.15, -0.1) is 0 Å². The molecule has 19 heavy (non-hydrogen) atoms. The van der Waals surface area contributed by atoms with Crippen molar-refractivity contribution in [3.8, 4) is 0 Å². The van der Waals surface area contributed by atoms with Crippen molar-refractivity contribution in [2.24, 2.45) is 10.9 Å². The van der Waals surface area contributed by atoms with Gasteiger partial charge in [0.05, 0.1) is 5.56 Å². The van der Waals surface area contributed by atoms with Crippen molar-refractivity contribution < 1.29 is 14.4 Å². The fraction of sp³-hybridized carbons (Fsp3) is 0.333. The van der Waals surface area contributed by atoms with Gasteiger partial charge in [0.15, 0.2) is 0 Å². The maximum Gasteiger partial charge on any atom is 0.255 e. The lowest BCUT2D eigenvalue weighted by molar-refractivity contribution is 0.0745. The molecule has 0 saturated carbocycles. The van der Waals surface area contributed by atoms with E-state index in [1.54, 1.807) is 14.0 Å². The minimum Gasteiger partial charge on any atom is -0.409 e. The van der Waals surface area contributed by atoms with Crippen LogP contribution in [-0.4, -0.2) is 34.9 Å². The van der Waals surface area contributed by atoms with Gasteiger partial charge in [-0.05, 0) is 41.1 Å². The van der Waals surface area contributed by atoms with Crippen molar-refractivity contribution >= 4 is 27.7 Å². The molecule has 1 atom stereocenters. The fourth-order valence-corrected chi connectivity index (χ4v) is 1.95. The average molecular weight is 332 g/mol. The smallest absolute Gasteiger partial charge is 0.255 e. The second kappa shape index (κ2) is 6.51. The normalized spacial score (nSPS) is 13.2. The number of halogens is 2. The van der Waals surface area contributed by atoms with E-state index in [1.165, 1.54) is 23.1 Å². The number of hydrogen-bond acceptors (Lipinski definition) is 3. The Morgan fingerprint density at radius 3 is 2.84 bits per heavy atom. The van der Waals surface area contributed by atoms with Gasteiger partial charge in [-0.1, -0.05) is 5.16 Å². The lowest BCUT2D eigenvalue weighted by Crippen LogP contribution is -2.38. The first kappa shape index (κ1) is 15.4. The highest BCUT2D eigenvalue weighted by Crippen LogP contribution is 2.20. The largest absolute Gasteiger partial charge is 0.409 e. The van der Waals surface area contributed by atoms with Crippen LogP contribution < -0.4 is 5.73 Å². The molecular weight excluding hydrogens is 317 g/mol. The number of carbonyl (C=O) groups is 1. The molecule has 0 spiro atoms. The number of hydrogen-bond donors (Lipinski definition) is 2. The highest BCUT2D eigenvalue weighted by atomic mass is 79.9. The Balaban J connectivity index is 2.90. The molecule has 0 saturated heterocycles. The van der Waals surface area contributed by atoms with Crippen LogP contribution in [0.5, 0.6) is 0 Å². The summed E-state index contributed by atoms with van der Waals surface area (Å²) >= 11 is 3.21. The van der Waals surface area contributed by atoms with E-state index in [2.05, 4.69) is 21.1 Å². The monoisotopic (exact) mass is 331 g/mol. The molecule has 0 aromatic heterocycles. The molecule has 5 nitrogen and oxygen atoms in total. The minimum absolute atomic E-state index is 0.0328. The summed E-state index contributed by atoms with van der Waals surface area (Å²) in [7, 11) is 1.58. The van der Waals surface area contributed by atoms with Gasteiger partial charge in [0, 0.05) is 24.0 Å². The second-order valence-corrected chi connectivity index (χ2v) is 5.04. The Labute approximate surface area is 119 Å². The zero-order chi connectivity index (χ0) is 14.6. The van der Waals surface area contributed by atoms with Crippen LogP contribution in [0, 0.1) is 5.82 Å². The number of benzene rings is 1. The van der Waals surface area contributed by atoms with E-state index in [4.69, 9.17) is 10.9 Å². The van der Waals surface area contributed by atoms with E-state index in [9.17, 15) is 9.18 Å². The SMILES string of the molecule is CC(CC(N)=NO)N(C)C(=O)c1cc(F)ccc1Br. The van der Waals surface area contributed by atoms with E-state index in [0.717, 1.165) is 0 Å². The van der Waals surface area contributed by atoms with Crippen molar-refractivity contribution in [1.29, 1.82) is 0 Å². The Kier molecular flexibility index (Phi) is 5.29. The van der Waals surface area contributed by atoms with Gasteiger partial charge in [-0.25, -0.2) is 4.39 Å². The van der Waals surface area contributed by atoms with Crippen molar-refractivity contribution in [3.63, 3.8) is 0 Å². The third kappa shape index (κ3) is 3.92. The van der Waals surface area contributed by atoms with Crippen LogP contribution in [0.4, 0.5) is 4.39 Å². The summed E-state index contributed by atoms with van der Waals surface area (Å²) in [5.74, 6) is -0.792. The predicted octanol–water partition coefficient (Wildman–Crippen LogP) is 2.19. The number of rotatable bonds is 4. The molecule has 1 unspecified atom stereocenters. The van der Waals surface area contributed by atoms with Crippen molar-refractivity contribution in [2.45, 2.75) is 19.4 Å². The van der Waals surface area contributed by atoms with Gasteiger partial charge < -0.3 is 15.8 Å². The molecule has 7 heteroatoms. The molecule has 1 aromatic carbocycles. The Morgan fingerprint density at radius 1 is 1.63 bits per heavy atom. The summed E-state index contributed by atoms with van der Waals surface area (Å²) in [4.78, 5) is 13.6. The minimum atomic E-state index is -0.482. The van der Waals surface area contributed by atoms with Gasteiger partial charge in [-0.3, -0.25) is 4.79 Å². The molecule has 0 heterocycles. The second-order valence-electron chi connectivity index (χ2n) is 4.18. The third-order valence-corrected chi connectivity index (χ3v) is 3.46. The molecule has 104 valence electrons. The first-order valence-electron chi connectivity index (χ1n) is 5.55. The average Bonchev–Trinajstić information content (AvgIpc) is 2.39. The van der Waals surface area contributed by atoms with Crippen LogP contribution in [0.3, 0.4) is 0 Å².